The third kappa shape index (κ3) is 6.79. The highest BCUT2D eigenvalue weighted by molar-refractivity contribution is 7.54. The maximum atomic E-state index is 14.0. The van der Waals surface area contributed by atoms with Crippen LogP contribution in [0.4, 0.5) is 5.69 Å². The lowest BCUT2D eigenvalue weighted by Gasteiger charge is -2.30. The van der Waals surface area contributed by atoms with E-state index in [9.17, 15) is 4.57 Å². The summed E-state index contributed by atoms with van der Waals surface area (Å²) >= 11 is 12.5. The summed E-state index contributed by atoms with van der Waals surface area (Å²) in [4.78, 5) is 0. The molecule has 0 aliphatic heterocycles. The number of anilines is 1. The Balaban J connectivity index is 2.48. The molecule has 0 bridgehead atoms. The quantitative estimate of drug-likeness (QED) is 0.383. The number of nitrogens with one attached hydrogen (secondary N) is 1. The average molecular weight is 444 g/mol. The van der Waals surface area contributed by atoms with Gasteiger partial charge in [-0.1, -0.05) is 75.2 Å². The van der Waals surface area contributed by atoms with Crippen molar-refractivity contribution in [2.24, 2.45) is 11.8 Å². The van der Waals surface area contributed by atoms with Gasteiger partial charge in [0.15, 0.2) is 5.78 Å². The summed E-state index contributed by atoms with van der Waals surface area (Å²) < 4.78 is 25.8. The van der Waals surface area contributed by atoms with Crippen LogP contribution in [0.1, 0.15) is 39.0 Å². The summed E-state index contributed by atoms with van der Waals surface area (Å²) in [5.41, 5.74) is 1.41. The summed E-state index contributed by atoms with van der Waals surface area (Å²) in [6.07, 6.45) is 0. The van der Waals surface area contributed by atoms with Gasteiger partial charge in [0.05, 0.1) is 13.2 Å². The van der Waals surface area contributed by atoms with Crippen molar-refractivity contribution < 1.29 is 13.6 Å². The molecule has 0 radical (unpaired) electrons. The van der Waals surface area contributed by atoms with Crippen molar-refractivity contribution in [1.82, 2.24) is 0 Å². The summed E-state index contributed by atoms with van der Waals surface area (Å²) in [6.45, 7) is 8.63. The third-order valence-electron chi connectivity index (χ3n) is 3.83. The van der Waals surface area contributed by atoms with Gasteiger partial charge in [0.1, 0.15) is 0 Å². The minimum atomic E-state index is -3.61. The zero-order chi connectivity index (χ0) is 20.7. The fraction of sp³-hybridized carbons (Fsp3) is 0.429. The van der Waals surface area contributed by atoms with Gasteiger partial charge in [-0.15, -0.1) is 0 Å². The Bertz CT molecular complexity index is 783. The number of halogens is 2. The molecule has 1 N–H and O–H groups in total. The molecule has 0 spiro atoms. The summed E-state index contributed by atoms with van der Waals surface area (Å²) in [6, 6.07) is 14.6. The van der Waals surface area contributed by atoms with Gasteiger partial charge < -0.3 is 14.4 Å². The smallest absolute Gasteiger partial charge is 0.357 e. The molecule has 7 heteroatoms. The molecule has 0 aliphatic carbocycles. The molecule has 0 aliphatic rings. The first kappa shape index (κ1) is 23.3. The minimum Gasteiger partial charge on any atom is -0.368 e. The van der Waals surface area contributed by atoms with Crippen LogP contribution in [0.15, 0.2) is 48.5 Å². The third-order valence-corrected chi connectivity index (χ3v) is 6.45. The Kier molecular flexibility index (Phi) is 8.85. The first-order valence-electron chi connectivity index (χ1n) is 9.36. The molecule has 154 valence electrons. The molecule has 4 nitrogen and oxygen atoms in total. The summed E-state index contributed by atoms with van der Waals surface area (Å²) in [5.74, 6) is -0.361. The number of para-hydroxylation sites is 1. The van der Waals surface area contributed by atoms with Crippen molar-refractivity contribution >= 4 is 36.5 Å². The Morgan fingerprint density at radius 3 is 2.00 bits per heavy atom. The molecule has 2 aromatic rings. The van der Waals surface area contributed by atoms with Crippen molar-refractivity contribution in [3.05, 3.63) is 64.1 Å². The molecule has 0 saturated heterocycles. The van der Waals surface area contributed by atoms with Crippen LogP contribution in [-0.4, -0.2) is 13.2 Å². The zero-order valence-corrected chi connectivity index (χ0v) is 19.1. The SMILES string of the molecule is CC(C)COP(=O)(OCC(C)C)[C@H](Nc1ccccc1)c1ccc(Cl)cc1Cl. The van der Waals surface area contributed by atoms with Crippen LogP contribution in [0.25, 0.3) is 0 Å². The lowest BCUT2D eigenvalue weighted by molar-refractivity contribution is 0.168. The predicted molar refractivity (Wildman–Crippen MR) is 118 cm³/mol. The molecular formula is C21H28Cl2NO3P. The molecule has 0 aromatic heterocycles. The summed E-state index contributed by atoms with van der Waals surface area (Å²) in [5, 5.41) is 4.22. The van der Waals surface area contributed by atoms with Gasteiger partial charge in [-0.25, -0.2) is 0 Å². The zero-order valence-electron chi connectivity index (χ0n) is 16.7. The van der Waals surface area contributed by atoms with Gasteiger partial charge in [-0.05, 0) is 36.1 Å². The Hall–Kier alpha value is -1.03. The highest BCUT2D eigenvalue weighted by Gasteiger charge is 2.39. The van der Waals surface area contributed by atoms with Crippen molar-refractivity contribution in [2.45, 2.75) is 33.5 Å². The van der Waals surface area contributed by atoms with Gasteiger partial charge in [0.2, 0.25) is 0 Å². The number of rotatable bonds is 10. The predicted octanol–water partition coefficient (Wildman–Crippen LogP) is 7.64. The molecular weight excluding hydrogens is 416 g/mol. The second-order valence-corrected chi connectivity index (χ2v) is 10.5. The Labute approximate surface area is 178 Å². The molecule has 2 aromatic carbocycles. The normalized spacial score (nSPS) is 13.1. The first-order valence-corrected chi connectivity index (χ1v) is 11.7. The maximum Gasteiger partial charge on any atom is 0.357 e. The van der Waals surface area contributed by atoms with E-state index in [0.29, 0.717) is 28.8 Å². The van der Waals surface area contributed by atoms with E-state index in [1.807, 2.05) is 58.0 Å². The lowest BCUT2D eigenvalue weighted by atomic mass is 10.2. The molecule has 0 heterocycles. The topological polar surface area (TPSA) is 47.6 Å². The first-order chi connectivity index (χ1) is 13.2. The van der Waals surface area contributed by atoms with Crippen LogP contribution < -0.4 is 5.32 Å². The second kappa shape index (κ2) is 10.7. The Morgan fingerprint density at radius 2 is 1.50 bits per heavy atom. The van der Waals surface area contributed by atoms with E-state index in [0.717, 1.165) is 5.69 Å². The van der Waals surface area contributed by atoms with E-state index in [4.69, 9.17) is 32.2 Å². The average Bonchev–Trinajstić information content (AvgIpc) is 2.64. The Morgan fingerprint density at radius 1 is 0.929 bits per heavy atom. The van der Waals surface area contributed by atoms with E-state index in [2.05, 4.69) is 5.32 Å². The minimum absolute atomic E-state index is 0.203. The largest absolute Gasteiger partial charge is 0.368 e. The molecule has 1 atom stereocenters. The van der Waals surface area contributed by atoms with Crippen LogP contribution in [0, 0.1) is 11.8 Å². The maximum absolute atomic E-state index is 14.0. The van der Waals surface area contributed by atoms with Gasteiger partial charge in [-0.2, -0.15) is 0 Å². The highest BCUT2D eigenvalue weighted by atomic mass is 35.5. The van der Waals surface area contributed by atoms with E-state index in [1.165, 1.54) is 0 Å². The monoisotopic (exact) mass is 443 g/mol. The van der Waals surface area contributed by atoms with E-state index in [-0.39, 0.29) is 11.8 Å². The lowest BCUT2D eigenvalue weighted by Crippen LogP contribution is -2.18. The molecule has 0 amide bonds. The van der Waals surface area contributed by atoms with Crippen molar-refractivity contribution in [3.63, 3.8) is 0 Å². The fourth-order valence-corrected chi connectivity index (χ4v) is 5.29. The number of benzene rings is 2. The van der Waals surface area contributed by atoms with Crippen molar-refractivity contribution in [3.8, 4) is 0 Å². The highest BCUT2D eigenvalue weighted by Crippen LogP contribution is 2.62. The van der Waals surface area contributed by atoms with E-state index < -0.39 is 13.4 Å². The summed E-state index contributed by atoms with van der Waals surface area (Å²) in [7, 11) is -3.61. The van der Waals surface area contributed by atoms with Gasteiger partial charge in [0.25, 0.3) is 0 Å². The van der Waals surface area contributed by atoms with Crippen LogP contribution >= 0.6 is 30.8 Å². The van der Waals surface area contributed by atoms with Gasteiger partial charge in [0, 0.05) is 21.3 Å². The second-order valence-electron chi connectivity index (χ2n) is 7.50. The van der Waals surface area contributed by atoms with Crippen LogP contribution in [0.5, 0.6) is 0 Å². The van der Waals surface area contributed by atoms with Crippen LogP contribution in [0.3, 0.4) is 0 Å². The van der Waals surface area contributed by atoms with Crippen molar-refractivity contribution in [1.29, 1.82) is 0 Å². The van der Waals surface area contributed by atoms with Crippen LogP contribution in [0.2, 0.25) is 10.0 Å². The molecule has 0 saturated carbocycles. The van der Waals surface area contributed by atoms with Gasteiger partial charge >= 0.3 is 7.60 Å². The fourth-order valence-electron chi connectivity index (χ4n) is 2.43. The van der Waals surface area contributed by atoms with Gasteiger partial charge in [-0.3, -0.25) is 4.57 Å². The molecule has 2 rings (SSSR count). The molecule has 28 heavy (non-hydrogen) atoms. The van der Waals surface area contributed by atoms with E-state index >= 15 is 0 Å². The van der Waals surface area contributed by atoms with Crippen molar-refractivity contribution in [2.75, 3.05) is 18.5 Å². The molecule has 0 unspecified atom stereocenters. The molecule has 0 fully saturated rings. The number of hydrogen-bond donors (Lipinski definition) is 1. The van der Waals surface area contributed by atoms with Crippen LogP contribution in [-0.2, 0) is 13.6 Å². The van der Waals surface area contributed by atoms with E-state index in [1.54, 1.807) is 18.2 Å². The standard InChI is InChI=1S/C21H28Cl2NO3P/c1-15(2)13-26-28(25,27-14-16(3)4)21(24-18-8-6-5-7-9-18)19-11-10-17(22)12-20(19)23/h5-12,15-16,21,24H,13-14H2,1-4H3/t21-/m0/s1. The number of hydrogen-bond acceptors (Lipinski definition) is 4.